The fourth-order valence-electron chi connectivity index (χ4n) is 2.15. The highest BCUT2D eigenvalue weighted by atomic mass is 35.5. The number of rotatable bonds is 5. The van der Waals surface area contributed by atoms with Crippen LogP contribution in [0.2, 0.25) is 5.02 Å². The standard InChI is InChI=1S/C17H17ClN2O5S/c1-20(2)16(21)15(11-6-4-3-5-7-11)25-17(22)12-8-9-13(18)14(10-12)26(19,23)24/h3-10,15H,1-2H3,(H2,19,23,24)/t15-/m1/s1. The van der Waals surface area contributed by atoms with Crippen molar-refractivity contribution in [3.8, 4) is 0 Å². The first-order valence-electron chi connectivity index (χ1n) is 7.40. The van der Waals surface area contributed by atoms with Gasteiger partial charge in [-0.1, -0.05) is 41.9 Å². The number of amides is 1. The zero-order chi connectivity index (χ0) is 19.5. The van der Waals surface area contributed by atoms with Crippen molar-refractivity contribution in [3.05, 3.63) is 64.7 Å². The van der Waals surface area contributed by atoms with Gasteiger partial charge in [0.25, 0.3) is 5.91 Å². The molecule has 7 nitrogen and oxygen atoms in total. The number of carbonyl (C=O) groups excluding carboxylic acids is 2. The van der Waals surface area contributed by atoms with Gasteiger partial charge < -0.3 is 9.64 Å². The van der Waals surface area contributed by atoms with Gasteiger partial charge in [-0.3, -0.25) is 4.79 Å². The molecule has 26 heavy (non-hydrogen) atoms. The van der Waals surface area contributed by atoms with E-state index < -0.39 is 32.9 Å². The molecule has 0 heterocycles. The van der Waals surface area contributed by atoms with Gasteiger partial charge in [0.15, 0.2) is 0 Å². The summed E-state index contributed by atoms with van der Waals surface area (Å²) in [6.07, 6.45) is -1.17. The number of carbonyl (C=O) groups is 2. The Morgan fingerprint density at radius 1 is 1.12 bits per heavy atom. The van der Waals surface area contributed by atoms with Gasteiger partial charge in [-0.25, -0.2) is 18.4 Å². The van der Waals surface area contributed by atoms with Crippen LogP contribution in [-0.2, 0) is 19.6 Å². The number of ether oxygens (including phenoxy) is 1. The molecule has 0 aliphatic carbocycles. The van der Waals surface area contributed by atoms with Gasteiger partial charge in [0.2, 0.25) is 16.1 Å². The van der Waals surface area contributed by atoms with Crippen molar-refractivity contribution in [2.75, 3.05) is 14.1 Å². The third-order valence-corrected chi connectivity index (χ3v) is 4.86. The van der Waals surface area contributed by atoms with E-state index in [1.54, 1.807) is 30.3 Å². The largest absolute Gasteiger partial charge is 0.444 e. The Kier molecular flexibility index (Phi) is 6.01. The quantitative estimate of drug-likeness (QED) is 0.777. The highest BCUT2D eigenvalue weighted by molar-refractivity contribution is 7.89. The molecule has 0 radical (unpaired) electrons. The maximum Gasteiger partial charge on any atom is 0.339 e. The lowest BCUT2D eigenvalue weighted by atomic mass is 10.1. The number of likely N-dealkylation sites (N-methyl/N-ethyl adjacent to an activating group) is 1. The van der Waals surface area contributed by atoms with Gasteiger partial charge in [-0.15, -0.1) is 0 Å². The van der Waals surface area contributed by atoms with Crippen LogP contribution in [0.1, 0.15) is 22.0 Å². The molecule has 2 aromatic carbocycles. The molecule has 0 bridgehead atoms. The van der Waals surface area contributed by atoms with Crippen LogP contribution >= 0.6 is 11.6 Å². The molecule has 0 aliphatic heterocycles. The van der Waals surface area contributed by atoms with Crippen molar-refractivity contribution in [2.24, 2.45) is 5.14 Å². The van der Waals surface area contributed by atoms with E-state index in [-0.39, 0.29) is 10.6 Å². The number of esters is 1. The number of primary sulfonamides is 1. The maximum atomic E-state index is 12.5. The van der Waals surface area contributed by atoms with Gasteiger partial charge in [0.1, 0.15) is 4.90 Å². The fourth-order valence-corrected chi connectivity index (χ4v) is 3.22. The molecular formula is C17H17ClN2O5S. The smallest absolute Gasteiger partial charge is 0.339 e. The number of nitrogens with two attached hydrogens (primary N) is 1. The Hall–Kier alpha value is -2.42. The molecule has 0 saturated heterocycles. The number of halogens is 1. The van der Waals surface area contributed by atoms with Crippen LogP contribution in [0.15, 0.2) is 53.4 Å². The van der Waals surface area contributed by atoms with Crippen molar-refractivity contribution in [3.63, 3.8) is 0 Å². The topological polar surface area (TPSA) is 107 Å². The molecule has 0 aromatic heterocycles. The van der Waals surface area contributed by atoms with Crippen molar-refractivity contribution < 1.29 is 22.7 Å². The van der Waals surface area contributed by atoms with E-state index in [2.05, 4.69) is 0 Å². The van der Waals surface area contributed by atoms with Crippen LogP contribution in [0, 0.1) is 0 Å². The number of sulfonamides is 1. The molecule has 2 rings (SSSR count). The van der Waals surface area contributed by atoms with Gasteiger partial charge in [-0.05, 0) is 18.2 Å². The molecular weight excluding hydrogens is 380 g/mol. The minimum atomic E-state index is -4.11. The first-order valence-corrected chi connectivity index (χ1v) is 9.33. The lowest BCUT2D eigenvalue weighted by molar-refractivity contribution is -0.138. The molecule has 1 amide bonds. The molecule has 138 valence electrons. The monoisotopic (exact) mass is 396 g/mol. The molecule has 0 spiro atoms. The lowest BCUT2D eigenvalue weighted by Gasteiger charge is -2.21. The first-order chi connectivity index (χ1) is 12.1. The third-order valence-electron chi connectivity index (χ3n) is 3.47. The van der Waals surface area contributed by atoms with E-state index in [4.69, 9.17) is 21.5 Å². The van der Waals surface area contributed by atoms with Crippen LogP contribution in [0.3, 0.4) is 0 Å². The molecule has 2 aromatic rings. The summed E-state index contributed by atoms with van der Waals surface area (Å²) >= 11 is 5.81. The first kappa shape index (κ1) is 19.9. The fraction of sp³-hybridized carbons (Fsp3) is 0.176. The highest BCUT2D eigenvalue weighted by Crippen LogP contribution is 2.25. The average Bonchev–Trinajstić information content (AvgIpc) is 2.58. The van der Waals surface area contributed by atoms with Gasteiger partial charge in [0, 0.05) is 19.7 Å². The Morgan fingerprint density at radius 2 is 1.73 bits per heavy atom. The highest BCUT2D eigenvalue weighted by Gasteiger charge is 2.27. The summed E-state index contributed by atoms with van der Waals surface area (Å²) in [5.41, 5.74) is 0.395. The summed E-state index contributed by atoms with van der Waals surface area (Å²) in [5.74, 6) is -1.32. The Morgan fingerprint density at radius 3 is 2.27 bits per heavy atom. The summed E-state index contributed by atoms with van der Waals surface area (Å²) in [5, 5.41) is 4.96. The van der Waals surface area contributed by atoms with E-state index in [1.165, 1.54) is 31.1 Å². The summed E-state index contributed by atoms with van der Waals surface area (Å²) in [6.45, 7) is 0. The zero-order valence-corrected chi connectivity index (χ0v) is 15.6. The molecule has 0 saturated carbocycles. The third kappa shape index (κ3) is 4.60. The van der Waals surface area contributed by atoms with Gasteiger partial charge in [0.05, 0.1) is 10.6 Å². The van der Waals surface area contributed by atoms with Crippen molar-refractivity contribution >= 4 is 33.5 Å². The molecule has 0 fully saturated rings. The van der Waals surface area contributed by atoms with E-state index in [9.17, 15) is 18.0 Å². The van der Waals surface area contributed by atoms with Crippen LogP contribution in [0.25, 0.3) is 0 Å². The van der Waals surface area contributed by atoms with E-state index in [0.29, 0.717) is 5.56 Å². The average molecular weight is 397 g/mol. The normalized spacial score (nSPS) is 12.3. The summed E-state index contributed by atoms with van der Waals surface area (Å²) in [4.78, 5) is 25.8. The second-order valence-corrected chi connectivity index (χ2v) is 7.56. The minimum Gasteiger partial charge on any atom is -0.444 e. The second kappa shape index (κ2) is 7.86. The number of hydrogen-bond donors (Lipinski definition) is 1. The van der Waals surface area contributed by atoms with E-state index in [1.807, 2.05) is 0 Å². The van der Waals surface area contributed by atoms with Gasteiger partial charge >= 0.3 is 5.97 Å². The summed E-state index contributed by atoms with van der Waals surface area (Å²) in [6, 6.07) is 12.0. The van der Waals surface area contributed by atoms with Crippen LogP contribution < -0.4 is 5.14 Å². The molecule has 0 unspecified atom stereocenters. The van der Waals surface area contributed by atoms with Crippen molar-refractivity contribution in [1.29, 1.82) is 0 Å². The van der Waals surface area contributed by atoms with Gasteiger partial charge in [-0.2, -0.15) is 0 Å². The maximum absolute atomic E-state index is 12.5. The minimum absolute atomic E-state index is 0.0917. The Bertz CT molecular complexity index is 929. The zero-order valence-electron chi connectivity index (χ0n) is 14.0. The van der Waals surface area contributed by atoms with Crippen LogP contribution in [0.4, 0.5) is 0 Å². The van der Waals surface area contributed by atoms with Crippen LogP contribution in [-0.4, -0.2) is 39.3 Å². The summed E-state index contributed by atoms with van der Waals surface area (Å²) in [7, 11) is -1.04. The van der Waals surface area contributed by atoms with E-state index in [0.717, 1.165) is 6.07 Å². The molecule has 9 heteroatoms. The van der Waals surface area contributed by atoms with Crippen LogP contribution in [0.5, 0.6) is 0 Å². The van der Waals surface area contributed by atoms with Crippen molar-refractivity contribution in [2.45, 2.75) is 11.0 Å². The summed E-state index contributed by atoms with van der Waals surface area (Å²) < 4.78 is 28.4. The molecule has 0 aliphatic rings. The molecule has 2 N–H and O–H groups in total. The predicted octanol–water partition coefficient (Wildman–Crippen LogP) is 1.97. The predicted molar refractivity (Wildman–Crippen MR) is 96.1 cm³/mol. The Balaban J connectivity index is 2.38. The number of hydrogen-bond acceptors (Lipinski definition) is 5. The Labute approximate surface area is 156 Å². The number of benzene rings is 2. The second-order valence-electron chi connectivity index (χ2n) is 5.62. The van der Waals surface area contributed by atoms with E-state index >= 15 is 0 Å². The molecule has 1 atom stereocenters. The van der Waals surface area contributed by atoms with Crippen molar-refractivity contribution in [1.82, 2.24) is 4.90 Å². The number of nitrogens with zero attached hydrogens (tertiary/aromatic N) is 1. The lowest BCUT2D eigenvalue weighted by Crippen LogP contribution is -2.31. The SMILES string of the molecule is CN(C)C(=O)[C@H](OC(=O)c1ccc(Cl)c(S(N)(=O)=O)c1)c1ccccc1.